The summed E-state index contributed by atoms with van der Waals surface area (Å²) in [4.78, 5) is 8.82. The Balaban J connectivity index is 1.82. The van der Waals surface area contributed by atoms with Crippen LogP contribution in [0.25, 0.3) is 11.5 Å². The van der Waals surface area contributed by atoms with E-state index in [1.165, 1.54) is 0 Å². The minimum absolute atomic E-state index is 0.253. The SMILES string of the molecule is COc1cccc(CN=C(C)c2nc(-c3ccc(Cl)cc3)oc2O)c1. The molecule has 1 N–H and O–H groups in total. The van der Waals surface area contributed by atoms with E-state index in [0.29, 0.717) is 28.9 Å². The van der Waals surface area contributed by atoms with Gasteiger partial charge in [-0.15, -0.1) is 0 Å². The molecule has 6 heteroatoms. The fraction of sp³-hybridized carbons (Fsp3) is 0.158. The molecule has 128 valence electrons. The number of nitrogens with zero attached hydrogens (tertiary/aromatic N) is 2. The summed E-state index contributed by atoms with van der Waals surface area (Å²) in [6.07, 6.45) is 0. The van der Waals surface area contributed by atoms with Crippen molar-refractivity contribution >= 4 is 17.3 Å². The van der Waals surface area contributed by atoms with Gasteiger partial charge in [0.1, 0.15) is 5.75 Å². The van der Waals surface area contributed by atoms with E-state index >= 15 is 0 Å². The van der Waals surface area contributed by atoms with Gasteiger partial charge in [0.25, 0.3) is 0 Å². The van der Waals surface area contributed by atoms with Crippen LogP contribution >= 0.6 is 11.6 Å². The van der Waals surface area contributed by atoms with E-state index in [2.05, 4.69) is 9.98 Å². The van der Waals surface area contributed by atoms with E-state index in [9.17, 15) is 5.11 Å². The maximum atomic E-state index is 10.0. The first-order valence-corrected chi connectivity index (χ1v) is 8.04. The molecular weight excluding hydrogens is 340 g/mol. The zero-order valence-electron chi connectivity index (χ0n) is 13.9. The maximum Gasteiger partial charge on any atom is 0.312 e. The Morgan fingerprint density at radius 1 is 1.24 bits per heavy atom. The van der Waals surface area contributed by atoms with Gasteiger partial charge in [-0.3, -0.25) is 4.99 Å². The van der Waals surface area contributed by atoms with Crippen LogP contribution in [0.2, 0.25) is 5.02 Å². The number of benzene rings is 2. The lowest BCUT2D eigenvalue weighted by molar-refractivity contribution is 0.336. The number of ether oxygens (including phenoxy) is 1. The summed E-state index contributed by atoms with van der Waals surface area (Å²) in [5, 5.41) is 10.7. The molecule has 0 spiro atoms. The molecular formula is C19H17ClN2O3. The highest BCUT2D eigenvalue weighted by molar-refractivity contribution is 6.30. The molecule has 0 amide bonds. The molecule has 1 aromatic heterocycles. The summed E-state index contributed by atoms with van der Waals surface area (Å²) < 4.78 is 10.6. The van der Waals surface area contributed by atoms with Crippen LogP contribution in [0.4, 0.5) is 0 Å². The molecule has 3 rings (SSSR count). The molecule has 0 radical (unpaired) electrons. The Morgan fingerprint density at radius 3 is 2.72 bits per heavy atom. The predicted octanol–water partition coefficient (Wildman–Crippen LogP) is 4.72. The summed E-state index contributed by atoms with van der Waals surface area (Å²) in [6, 6.07) is 14.7. The zero-order valence-corrected chi connectivity index (χ0v) is 14.6. The number of oxazole rings is 1. The monoisotopic (exact) mass is 356 g/mol. The van der Waals surface area contributed by atoms with Gasteiger partial charge in [-0.05, 0) is 48.9 Å². The second-order valence-electron chi connectivity index (χ2n) is 5.43. The van der Waals surface area contributed by atoms with Crippen LogP contribution < -0.4 is 4.74 Å². The Morgan fingerprint density at radius 2 is 2.00 bits per heavy atom. The number of halogens is 1. The summed E-state index contributed by atoms with van der Waals surface area (Å²) >= 11 is 5.88. The molecule has 3 aromatic rings. The average Bonchev–Trinajstić information content (AvgIpc) is 3.02. The van der Waals surface area contributed by atoms with Crippen LogP contribution in [0.1, 0.15) is 18.2 Å². The quantitative estimate of drug-likeness (QED) is 0.672. The van der Waals surface area contributed by atoms with Crippen LogP contribution in [0, 0.1) is 0 Å². The van der Waals surface area contributed by atoms with Crippen LogP contribution in [0.5, 0.6) is 11.7 Å². The molecule has 0 aliphatic heterocycles. The second kappa shape index (κ2) is 7.40. The molecule has 0 aliphatic carbocycles. The van der Waals surface area contributed by atoms with Gasteiger partial charge in [0.05, 0.1) is 19.4 Å². The van der Waals surface area contributed by atoms with Gasteiger partial charge in [0.15, 0.2) is 5.69 Å². The number of methoxy groups -OCH3 is 1. The molecule has 0 saturated carbocycles. The fourth-order valence-electron chi connectivity index (χ4n) is 2.32. The first-order valence-electron chi connectivity index (χ1n) is 7.67. The van der Waals surface area contributed by atoms with E-state index in [4.69, 9.17) is 20.8 Å². The van der Waals surface area contributed by atoms with Crippen molar-refractivity contribution in [3.63, 3.8) is 0 Å². The summed E-state index contributed by atoms with van der Waals surface area (Å²) in [5.41, 5.74) is 2.64. The van der Waals surface area contributed by atoms with Gasteiger partial charge < -0.3 is 14.3 Å². The van der Waals surface area contributed by atoms with Crippen LogP contribution in [0.15, 0.2) is 57.9 Å². The predicted molar refractivity (Wildman–Crippen MR) is 97.5 cm³/mol. The molecule has 0 unspecified atom stereocenters. The van der Waals surface area contributed by atoms with Crippen molar-refractivity contribution in [2.24, 2.45) is 4.99 Å². The van der Waals surface area contributed by atoms with Crippen molar-refractivity contribution in [3.8, 4) is 23.1 Å². The third-order valence-corrected chi connectivity index (χ3v) is 3.93. The summed E-state index contributed by atoms with van der Waals surface area (Å²) in [5.74, 6) is 0.844. The first kappa shape index (κ1) is 17.0. The number of rotatable bonds is 5. The van der Waals surface area contributed by atoms with Crippen molar-refractivity contribution in [1.29, 1.82) is 0 Å². The van der Waals surface area contributed by atoms with E-state index < -0.39 is 0 Å². The topological polar surface area (TPSA) is 67.9 Å². The van der Waals surface area contributed by atoms with E-state index in [-0.39, 0.29) is 5.95 Å². The molecule has 25 heavy (non-hydrogen) atoms. The van der Waals surface area contributed by atoms with E-state index in [0.717, 1.165) is 16.9 Å². The third kappa shape index (κ3) is 4.00. The Labute approximate surface area is 150 Å². The summed E-state index contributed by atoms with van der Waals surface area (Å²) in [6.45, 7) is 2.23. The van der Waals surface area contributed by atoms with Gasteiger partial charge in [-0.25, -0.2) is 4.98 Å². The maximum absolute atomic E-state index is 10.0. The van der Waals surface area contributed by atoms with Crippen LogP contribution in [-0.4, -0.2) is 22.9 Å². The zero-order chi connectivity index (χ0) is 17.8. The summed E-state index contributed by atoms with van der Waals surface area (Å²) in [7, 11) is 1.62. The molecule has 1 heterocycles. The molecule has 0 aliphatic rings. The minimum Gasteiger partial charge on any atom is -0.497 e. The molecule has 0 bridgehead atoms. The fourth-order valence-corrected chi connectivity index (χ4v) is 2.45. The van der Waals surface area contributed by atoms with Crippen molar-refractivity contribution in [3.05, 3.63) is 64.8 Å². The number of hydrogen-bond donors (Lipinski definition) is 1. The van der Waals surface area contributed by atoms with Gasteiger partial charge in [0, 0.05) is 10.6 Å². The van der Waals surface area contributed by atoms with Crippen molar-refractivity contribution in [2.75, 3.05) is 7.11 Å². The lowest BCUT2D eigenvalue weighted by atomic mass is 10.2. The third-order valence-electron chi connectivity index (χ3n) is 3.68. The molecule has 2 aromatic carbocycles. The molecule has 5 nitrogen and oxygen atoms in total. The largest absolute Gasteiger partial charge is 0.497 e. The first-order chi connectivity index (χ1) is 12.1. The molecule has 0 atom stereocenters. The average molecular weight is 357 g/mol. The van der Waals surface area contributed by atoms with Gasteiger partial charge in [-0.1, -0.05) is 23.7 Å². The minimum atomic E-state index is -0.253. The highest BCUT2D eigenvalue weighted by Gasteiger charge is 2.16. The smallest absolute Gasteiger partial charge is 0.312 e. The molecule has 0 saturated heterocycles. The van der Waals surface area contributed by atoms with Crippen molar-refractivity contribution in [1.82, 2.24) is 4.98 Å². The number of hydrogen-bond acceptors (Lipinski definition) is 5. The lowest BCUT2D eigenvalue weighted by Crippen LogP contribution is -1.97. The van der Waals surface area contributed by atoms with Crippen LogP contribution in [-0.2, 0) is 6.54 Å². The van der Waals surface area contributed by atoms with Crippen molar-refractivity contribution in [2.45, 2.75) is 13.5 Å². The Hall–Kier alpha value is -2.79. The number of aromatic hydroxyl groups is 1. The lowest BCUT2D eigenvalue weighted by Gasteiger charge is -2.02. The van der Waals surface area contributed by atoms with Crippen LogP contribution in [0.3, 0.4) is 0 Å². The Bertz CT molecular complexity index is 901. The number of aliphatic imine (C=N–C) groups is 1. The van der Waals surface area contributed by atoms with Gasteiger partial charge in [0.2, 0.25) is 5.89 Å². The van der Waals surface area contributed by atoms with Gasteiger partial charge in [-0.2, -0.15) is 0 Å². The van der Waals surface area contributed by atoms with Crippen molar-refractivity contribution < 1.29 is 14.3 Å². The standard InChI is InChI=1S/C19H17ClN2O3/c1-12(21-11-13-4-3-5-16(10-13)24-2)17-19(23)25-18(22-17)14-6-8-15(20)9-7-14/h3-10,23H,11H2,1-2H3. The second-order valence-corrected chi connectivity index (χ2v) is 5.87. The van der Waals surface area contributed by atoms with Gasteiger partial charge >= 0.3 is 5.95 Å². The Kier molecular flexibility index (Phi) is 5.05. The molecule has 0 fully saturated rings. The number of aromatic nitrogens is 1. The van der Waals surface area contributed by atoms with E-state index in [1.807, 2.05) is 24.3 Å². The normalized spacial score (nSPS) is 11.6. The highest BCUT2D eigenvalue weighted by atomic mass is 35.5. The van der Waals surface area contributed by atoms with E-state index in [1.54, 1.807) is 38.3 Å². The highest BCUT2D eigenvalue weighted by Crippen LogP contribution is 2.28.